The largest absolute Gasteiger partial charge is 0.494 e. The van der Waals surface area contributed by atoms with E-state index in [9.17, 15) is 9.59 Å². The lowest BCUT2D eigenvalue weighted by atomic mass is 9.98. The summed E-state index contributed by atoms with van der Waals surface area (Å²) in [5.41, 5.74) is 2.71. The van der Waals surface area contributed by atoms with Gasteiger partial charge in [0, 0.05) is 16.6 Å². The molecule has 0 saturated carbocycles. The lowest BCUT2D eigenvalue weighted by Gasteiger charge is -2.25. The van der Waals surface area contributed by atoms with Gasteiger partial charge in [-0.05, 0) is 60.4 Å². The van der Waals surface area contributed by atoms with Crippen molar-refractivity contribution >= 4 is 40.1 Å². The number of unbranched alkanes of at least 4 members (excludes halogenated alkanes) is 2. The molecule has 1 amide bonds. The second kappa shape index (κ2) is 10.6. The van der Waals surface area contributed by atoms with E-state index in [4.69, 9.17) is 32.4 Å². The minimum absolute atomic E-state index is 0.0520. The standard InChI is InChI=1S/C30H27Cl2NO4/c1-3-4-7-14-36-21-12-10-19(11-13-21)27-26-28(34)22-16-24(32)18(2)15-25(22)37-29(26)30(35)33(27)17-20-8-5-6-9-23(20)31/h5-6,8-13,15-16,27H,3-4,7,14,17H2,1-2H3. The van der Waals surface area contributed by atoms with E-state index in [2.05, 4.69) is 6.92 Å². The number of hydrogen-bond donors (Lipinski definition) is 0. The van der Waals surface area contributed by atoms with E-state index in [1.165, 1.54) is 0 Å². The third kappa shape index (κ3) is 4.86. The molecule has 0 N–H and O–H groups in total. The Hall–Kier alpha value is -3.28. The zero-order valence-electron chi connectivity index (χ0n) is 20.7. The summed E-state index contributed by atoms with van der Waals surface area (Å²) in [4.78, 5) is 29.2. The monoisotopic (exact) mass is 535 g/mol. The van der Waals surface area contributed by atoms with Crippen LogP contribution in [0, 0.1) is 6.92 Å². The number of aryl methyl sites for hydroxylation is 1. The van der Waals surface area contributed by atoms with Gasteiger partial charge in [-0.1, -0.05) is 73.3 Å². The van der Waals surface area contributed by atoms with Crippen LogP contribution in [0.25, 0.3) is 11.0 Å². The summed E-state index contributed by atoms with van der Waals surface area (Å²) >= 11 is 12.8. The number of fused-ring (bicyclic) bond motifs is 2. The molecule has 0 saturated heterocycles. The first kappa shape index (κ1) is 25.4. The number of rotatable bonds is 8. The van der Waals surface area contributed by atoms with Crippen molar-refractivity contribution in [2.75, 3.05) is 6.61 Å². The van der Waals surface area contributed by atoms with Crippen LogP contribution in [0.15, 0.2) is 69.9 Å². The van der Waals surface area contributed by atoms with Crippen LogP contribution in [0.4, 0.5) is 0 Å². The minimum atomic E-state index is -0.645. The fraction of sp³-hybridized carbons (Fsp3) is 0.267. The highest BCUT2D eigenvalue weighted by atomic mass is 35.5. The maximum atomic E-state index is 13.8. The molecule has 1 aliphatic rings. The first-order valence-electron chi connectivity index (χ1n) is 12.4. The molecule has 0 fully saturated rings. The second-order valence-electron chi connectivity index (χ2n) is 9.32. The molecule has 7 heteroatoms. The van der Waals surface area contributed by atoms with Gasteiger partial charge < -0.3 is 14.1 Å². The summed E-state index contributed by atoms with van der Waals surface area (Å²) in [5.74, 6) is 0.442. The Balaban J connectivity index is 1.60. The number of carbonyl (C=O) groups is 1. The summed E-state index contributed by atoms with van der Waals surface area (Å²) < 4.78 is 11.9. The molecule has 0 aliphatic carbocycles. The van der Waals surface area contributed by atoms with Gasteiger partial charge in [0.2, 0.25) is 5.76 Å². The number of ether oxygens (including phenoxy) is 1. The van der Waals surface area contributed by atoms with Gasteiger partial charge in [0.15, 0.2) is 5.43 Å². The molecule has 0 spiro atoms. The van der Waals surface area contributed by atoms with E-state index in [1.54, 1.807) is 23.1 Å². The van der Waals surface area contributed by atoms with E-state index >= 15 is 0 Å². The van der Waals surface area contributed by atoms with Crippen LogP contribution in [0.1, 0.15) is 65.0 Å². The van der Waals surface area contributed by atoms with Gasteiger partial charge in [-0.15, -0.1) is 0 Å². The highest BCUT2D eigenvalue weighted by molar-refractivity contribution is 6.32. The zero-order valence-corrected chi connectivity index (χ0v) is 22.2. The van der Waals surface area contributed by atoms with Crippen LogP contribution in [-0.2, 0) is 6.54 Å². The summed E-state index contributed by atoms with van der Waals surface area (Å²) in [7, 11) is 0. The van der Waals surface area contributed by atoms with Gasteiger partial charge >= 0.3 is 0 Å². The average molecular weight is 536 g/mol. The summed E-state index contributed by atoms with van der Waals surface area (Å²) in [6.45, 7) is 4.85. The number of amides is 1. The molecule has 1 unspecified atom stereocenters. The average Bonchev–Trinajstić information content (AvgIpc) is 3.16. The van der Waals surface area contributed by atoms with Gasteiger partial charge in [0.25, 0.3) is 5.91 Å². The zero-order chi connectivity index (χ0) is 26.1. The quantitative estimate of drug-likeness (QED) is 0.216. The van der Waals surface area contributed by atoms with Crippen LogP contribution in [0.5, 0.6) is 5.75 Å². The Morgan fingerprint density at radius 3 is 2.46 bits per heavy atom. The van der Waals surface area contributed by atoms with Crippen LogP contribution in [-0.4, -0.2) is 17.4 Å². The molecule has 0 radical (unpaired) electrons. The molecule has 0 bridgehead atoms. The van der Waals surface area contributed by atoms with Crippen molar-refractivity contribution in [3.8, 4) is 5.75 Å². The molecular weight excluding hydrogens is 509 g/mol. The molecule has 5 nitrogen and oxygen atoms in total. The van der Waals surface area contributed by atoms with Gasteiger partial charge in [0.1, 0.15) is 11.3 Å². The van der Waals surface area contributed by atoms with E-state index < -0.39 is 6.04 Å². The molecule has 3 aromatic carbocycles. The fourth-order valence-electron chi connectivity index (χ4n) is 4.75. The Morgan fingerprint density at radius 1 is 0.973 bits per heavy atom. The Kier molecular flexibility index (Phi) is 7.27. The Bertz CT molecular complexity index is 1530. The molecule has 1 atom stereocenters. The van der Waals surface area contributed by atoms with Crippen LogP contribution >= 0.6 is 23.2 Å². The highest BCUT2D eigenvalue weighted by Gasteiger charge is 2.43. The number of halogens is 2. The predicted octanol–water partition coefficient (Wildman–Crippen LogP) is 7.72. The molecule has 2 heterocycles. The molecule has 190 valence electrons. The fourth-order valence-corrected chi connectivity index (χ4v) is 5.11. The summed E-state index contributed by atoms with van der Waals surface area (Å²) in [6.07, 6.45) is 3.23. The third-order valence-electron chi connectivity index (χ3n) is 6.76. The Labute approximate surface area is 225 Å². The molecule has 37 heavy (non-hydrogen) atoms. The molecule has 1 aliphatic heterocycles. The van der Waals surface area contributed by atoms with Crippen molar-refractivity contribution in [3.63, 3.8) is 0 Å². The normalized spacial score (nSPS) is 14.9. The molecular formula is C30H27Cl2NO4. The van der Waals surface area contributed by atoms with E-state index in [-0.39, 0.29) is 23.6 Å². The van der Waals surface area contributed by atoms with Crippen molar-refractivity contribution in [1.82, 2.24) is 4.90 Å². The second-order valence-corrected chi connectivity index (χ2v) is 10.1. The van der Waals surface area contributed by atoms with Crippen molar-refractivity contribution in [2.24, 2.45) is 0 Å². The van der Waals surface area contributed by atoms with Gasteiger partial charge in [0.05, 0.1) is 23.6 Å². The number of nitrogens with zero attached hydrogens (tertiary/aromatic N) is 1. The SMILES string of the molecule is CCCCCOc1ccc(C2c3c(oc4cc(C)c(Cl)cc4c3=O)C(=O)N2Cc2ccccc2Cl)cc1. The van der Waals surface area contributed by atoms with Crippen molar-refractivity contribution in [1.29, 1.82) is 0 Å². The first-order valence-corrected chi connectivity index (χ1v) is 13.2. The van der Waals surface area contributed by atoms with Crippen molar-refractivity contribution in [2.45, 2.75) is 45.7 Å². The van der Waals surface area contributed by atoms with Gasteiger partial charge in [-0.3, -0.25) is 9.59 Å². The molecule has 1 aromatic heterocycles. The smallest absolute Gasteiger partial charge is 0.291 e. The van der Waals surface area contributed by atoms with Crippen LogP contribution < -0.4 is 10.2 Å². The maximum Gasteiger partial charge on any atom is 0.291 e. The Morgan fingerprint density at radius 2 is 1.73 bits per heavy atom. The number of hydrogen-bond acceptors (Lipinski definition) is 4. The van der Waals surface area contributed by atoms with Crippen molar-refractivity contribution < 1.29 is 13.9 Å². The van der Waals surface area contributed by atoms with Crippen LogP contribution in [0.2, 0.25) is 10.0 Å². The summed E-state index contributed by atoms with van der Waals surface area (Å²) in [6, 6.07) is 17.6. The predicted molar refractivity (Wildman–Crippen MR) is 147 cm³/mol. The minimum Gasteiger partial charge on any atom is -0.494 e. The first-order chi connectivity index (χ1) is 17.9. The lowest BCUT2D eigenvalue weighted by molar-refractivity contribution is 0.0714. The third-order valence-corrected chi connectivity index (χ3v) is 7.53. The van der Waals surface area contributed by atoms with E-state index in [0.717, 1.165) is 41.7 Å². The van der Waals surface area contributed by atoms with E-state index in [0.29, 0.717) is 33.2 Å². The van der Waals surface area contributed by atoms with Crippen molar-refractivity contribution in [3.05, 3.63) is 109 Å². The maximum absolute atomic E-state index is 13.8. The van der Waals surface area contributed by atoms with Gasteiger partial charge in [-0.2, -0.15) is 0 Å². The molecule has 4 aromatic rings. The van der Waals surface area contributed by atoms with Gasteiger partial charge in [-0.25, -0.2) is 0 Å². The molecule has 5 rings (SSSR count). The topological polar surface area (TPSA) is 59.8 Å². The number of benzene rings is 3. The summed E-state index contributed by atoms with van der Waals surface area (Å²) in [5, 5.41) is 1.37. The highest BCUT2D eigenvalue weighted by Crippen LogP contribution is 2.40. The lowest BCUT2D eigenvalue weighted by Crippen LogP contribution is -2.29. The number of carbonyl (C=O) groups excluding carboxylic acids is 1. The van der Waals surface area contributed by atoms with E-state index in [1.807, 2.05) is 49.4 Å². The van der Waals surface area contributed by atoms with Crippen LogP contribution in [0.3, 0.4) is 0 Å².